The van der Waals surface area contributed by atoms with Gasteiger partial charge in [0.2, 0.25) is 10.0 Å². The van der Waals surface area contributed by atoms with Gasteiger partial charge in [-0.2, -0.15) is 0 Å². The summed E-state index contributed by atoms with van der Waals surface area (Å²) in [7, 11) is -0.946. The van der Waals surface area contributed by atoms with Gasteiger partial charge in [0.1, 0.15) is 0 Å². The first-order chi connectivity index (χ1) is 12.8. The second-order valence-electron chi connectivity index (χ2n) is 5.65. The number of rotatable bonds is 7. The number of hydrogen-bond acceptors (Lipinski definition) is 7. The number of ether oxygens (including phenoxy) is 2. The number of benzene rings is 2. The average Bonchev–Trinajstić information content (AvgIpc) is 3.04. The Morgan fingerprint density at radius 3 is 2.59 bits per heavy atom. The third kappa shape index (κ3) is 3.97. The fourth-order valence-corrected chi connectivity index (χ4v) is 3.61. The van der Waals surface area contributed by atoms with E-state index < -0.39 is 21.9 Å². The van der Waals surface area contributed by atoms with E-state index in [2.05, 4.69) is 9.71 Å². The maximum Gasteiger partial charge on any atom is 0.417 e. The molecule has 3 aromatic rings. The maximum absolute atomic E-state index is 12.5. The van der Waals surface area contributed by atoms with Crippen LogP contribution in [0.4, 0.5) is 0 Å². The fraction of sp³-hybridized carbons (Fsp3) is 0.235. The van der Waals surface area contributed by atoms with Crippen molar-refractivity contribution in [1.29, 1.82) is 0 Å². The van der Waals surface area contributed by atoms with E-state index in [1.165, 1.54) is 32.4 Å². The lowest BCUT2D eigenvalue weighted by Crippen LogP contribution is -2.28. The van der Waals surface area contributed by atoms with Crippen LogP contribution in [0.1, 0.15) is 11.7 Å². The third-order valence-electron chi connectivity index (χ3n) is 3.96. The van der Waals surface area contributed by atoms with Gasteiger partial charge < -0.3 is 19.0 Å². The Hall–Kier alpha value is -2.82. The van der Waals surface area contributed by atoms with Gasteiger partial charge in [-0.1, -0.05) is 6.07 Å². The van der Waals surface area contributed by atoms with Gasteiger partial charge >= 0.3 is 5.76 Å². The normalized spacial score (nSPS) is 12.9. The highest BCUT2D eigenvalue weighted by molar-refractivity contribution is 7.89. The first-order valence-electron chi connectivity index (χ1n) is 7.86. The average molecular weight is 394 g/mol. The topological polar surface area (TPSA) is 131 Å². The molecule has 1 atom stereocenters. The van der Waals surface area contributed by atoms with Crippen molar-refractivity contribution in [2.75, 3.05) is 20.8 Å². The van der Waals surface area contributed by atoms with E-state index in [-0.39, 0.29) is 22.5 Å². The molecule has 0 radical (unpaired) electrons. The summed E-state index contributed by atoms with van der Waals surface area (Å²) in [5, 5.41) is 10.3. The van der Waals surface area contributed by atoms with Crippen molar-refractivity contribution < 1.29 is 27.4 Å². The zero-order valence-electron chi connectivity index (χ0n) is 14.6. The van der Waals surface area contributed by atoms with Crippen molar-refractivity contribution in [2.45, 2.75) is 11.0 Å². The molecule has 0 saturated carbocycles. The number of oxazole rings is 1. The van der Waals surface area contributed by atoms with E-state index in [4.69, 9.17) is 13.9 Å². The fourth-order valence-electron chi connectivity index (χ4n) is 2.55. The first-order valence-corrected chi connectivity index (χ1v) is 9.35. The van der Waals surface area contributed by atoms with Gasteiger partial charge in [0.25, 0.3) is 0 Å². The summed E-state index contributed by atoms with van der Waals surface area (Å²) in [5.74, 6) is 0.249. The van der Waals surface area contributed by atoms with Crippen molar-refractivity contribution in [1.82, 2.24) is 9.71 Å². The Bertz CT molecular complexity index is 1120. The predicted molar refractivity (Wildman–Crippen MR) is 96.5 cm³/mol. The minimum atomic E-state index is -3.90. The third-order valence-corrected chi connectivity index (χ3v) is 5.38. The lowest BCUT2D eigenvalue weighted by molar-refractivity contribution is 0.181. The highest BCUT2D eigenvalue weighted by Gasteiger charge is 2.19. The minimum Gasteiger partial charge on any atom is -0.493 e. The summed E-state index contributed by atoms with van der Waals surface area (Å²) >= 11 is 0. The molecule has 0 fully saturated rings. The Morgan fingerprint density at radius 2 is 1.89 bits per heavy atom. The van der Waals surface area contributed by atoms with Crippen LogP contribution in [-0.4, -0.2) is 39.3 Å². The van der Waals surface area contributed by atoms with Gasteiger partial charge in [0.05, 0.1) is 30.7 Å². The van der Waals surface area contributed by atoms with Gasteiger partial charge in [-0.05, 0) is 35.9 Å². The van der Waals surface area contributed by atoms with E-state index >= 15 is 0 Å². The minimum absolute atomic E-state index is 0.0634. The quantitative estimate of drug-likeness (QED) is 0.548. The van der Waals surface area contributed by atoms with Crippen LogP contribution in [-0.2, 0) is 10.0 Å². The summed E-state index contributed by atoms with van der Waals surface area (Å²) in [6.07, 6.45) is -1.10. The lowest BCUT2D eigenvalue weighted by atomic mass is 10.1. The molecule has 27 heavy (non-hydrogen) atoms. The molecule has 9 nitrogen and oxygen atoms in total. The molecular formula is C17H18N2O7S. The molecule has 1 heterocycles. The number of sulfonamides is 1. The lowest BCUT2D eigenvalue weighted by Gasteiger charge is -2.15. The molecule has 0 aliphatic rings. The molecule has 3 N–H and O–H groups in total. The molecule has 10 heteroatoms. The van der Waals surface area contributed by atoms with Crippen LogP contribution in [0.2, 0.25) is 0 Å². The van der Waals surface area contributed by atoms with E-state index in [0.717, 1.165) is 0 Å². The van der Waals surface area contributed by atoms with Crippen LogP contribution in [0.25, 0.3) is 11.1 Å². The highest BCUT2D eigenvalue weighted by atomic mass is 32.2. The molecule has 0 bridgehead atoms. The number of fused-ring (bicyclic) bond motifs is 1. The van der Waals surface area contributed by atoms with Crippen molar-refractivity contribution in [3.8, 4) is 11.5 Å². The number of aliphatic hydroxyl groups is 1. The van der Waals surface area contributed by atoms with Crippen LogP contribution in [0, 0.1) is 0 Å². The zero-order chi connectivity index (χ0) is 19.6. The van der Waals surface area contributed by atoms with E-state index in [9.17, 15) is 18.3 Å². The van der Waals surface area contributed by atoms with E-state index in [0.29, 0.717) is 17.1 Å². The molecule has 0 amide bonds. The molecule has 0 saturated heterocycles. The molecule has 0 aliphatic carbocycles. The van der Waals surface area contributed by atoms with Crippen molar-refractivity contribution in [3.05, 3.63) is 52.5 Å². The van der Waals surface area contributed by atoms with Crippen LogP contribution in [0.15, 0.2) is 50.5 Å². The highest BCUT2D eigenvalue weighted by Crippen LogP contribution is 2.30. The number of nitrogens with one attached hydrogen (secondary N) is 2. The van der Waals surface area contributed by atoms with Gasteiger partial charge in [-0.25, -0.2) is 17.9 Å². The number of hydrogen-bond donors (Lipinski definition) is 3. The number of aliphatic hydroxyl groups excluding tert-OH is 1. The molecule has 144 valence electrons. The van der Waals surface area contributed by atoms with Gasteiger partial charge in [0, 0.05) is 6.54 Å². The summed E-state index contributed by atoms with van der Waals surface area (Å²) in [6, 6.07) is 8.78. The summed E-state index contributed by atoms with van der Waals surface area (Å²) in [4.78, 5) is 13.5. The largest absolute Gasteiger partial charge is 0.493 e. The second-order valence-corrected chi connectivity index (χ2v) is 7.42. The zero-order valence-corrected chi connectivity index (χ0v) is 15.4. The standard InChI is InChI=1S/C17H18N2O7S/c1-24-15-5-3-10(7-16(15)25-2)13(20)9-18-27(22,23)11-4-6-14-12(8-11)19-17(21)26-14/h3-8,13,18,20H,9H2,1-2H3,(H,19,21). The molecule has 2 aromatic carbocycles. The molecule has 1 unspecified atom stereocenters. The van der Waals surface area contributed by atoms with E-state index in [1.807, 2.05) is 0 Å². The first kappa shape index (κ1) is 19.0. The van der Waals surface area contributed by atoms with Gasteiger partial charge in [-0.3, -0.25) is 4.98 Å². The Morgan fingerprint density at radius 1 is 1.15 bits per heavy atom. The van der Waals surface area contributed by atoms with Crippen LogP contribution in [0.5, 0.6) is 11.5 Å². The van der Waals surface area contributed by atoms with Gasteiger partial charge in [-0.15, -0.1) is 0 Å². The summed E-state index contributed by atoms with van der Waals surface area (Å²) in [5.41, 5.74) is 0.984. The Kier molecular flexibility index (Phi) is 5.22. The van der Waals surface area contributed by atoms with Crippen molar-refractivity contribution in [2.24, 2.45) is 0 Å². The summed E-state index contributed by atoms with van der Waals surface area (Å²) < 4.78 is 42.4. The SMILES string of the molecule is COc1ccc(C(O)CNS(=O)(=O)c2ccc3oc(=O)[nH]c3c2)cc1OC. The van der Waals surface area contributed by atoms with Crippen molar-refractivity contribution >= 4 is 21.1 Å². The predicted octanol–water partition coefficient (Wildman–Crippen LogP) is 1.15. The molecule has 0 spiro atoms. The molecule has 0 aliphatic heterocycles. The van der Waals surface area contributed by atoms with Crippen LogP contribution < -0.4 is 20.0 Å². The number of H-pyrrole nitrogens is 1. The van der Waals surface area contributed by atoms with Crippen LogP contribution >= 0.6 is 0 Å². The summed E-state index contributed by atoms with van der Waals surface area (Å²) in [6.45, 7) is -0.252. The van der Waals surface area contributed by atoms with Gasteiger partial charge in [0.15, 0.2) is 17.1 Å². The van der Waals surface area contributed by atoms with E-state index in [1.54, 1.807) is 18.2 Å². The molecule has 1 aromatic heterocycles. The Balaban J connectivity index is 1.76. The molecule has 3 rings (SSSR count). The molecular weight excluding hydrogens is 376 g/mol. The monoisotopic (exact) mass is 394 g/mol. The van der Waals surface area contributed by atoms with Crippen LogP contribution in [0.3, 0.4) is 0 Å². The number of aromatic nitrogens is 1. The number of methoxy groups -OCH3 is 2. The smallest absolute Gasteiger partial charge is 0.417 e. The van der Waals surface area contributed by atoms with Crippen molar-refractivity contribution in [3.63, 3.8) is 0 Å². The Labute approximate surface area is 154 Å². The number of aromatic amines is 1. The second kappa shape index (κ2) is 7.43. The maximum atomic E-state index is 12.5.